The molecule has 0 aliphatic carbocycles. The summed E-state index contributed by atoms with van der Waals surface area (Å²) in [6.45, 7) is 3.96. The molecule has 0 bridgehead atoms. The van der Waals surface area contributed by atoms with Crippen LogP contribution in [0.15, 0.2) is 0 Å². The number of hydrogen-bond acceptors (Lipinski definition) is 4. The lowest BCUT2D eigenvalue weighted by atomic mass is 9.83. The zero-order valence-electron chi connectivity index (χ0n) is 12.9. The van der Waals surface area contributed by atoms with Crippen LogP contribution in [0.3, 0.4) is 0 Å². The second-order valence-electron chi connectivity index (χ2n) is 7.42. The predicted molar refractivity (Wildman–Crippen MR) is 78.3 cm³/mol. The standard InChI is InChI=1S/C17H28O4/c1(3-14-8-18-14)12(2-4-15-9-19-15)5-13(6-16-10-20-16)7-17-11-21-17/h12-17H,1-11H2. The van der Waals surface area contributed by atoms with Crippen LogP contribution in [0.5, 0.6) is 0 Å². The molecule has 0 amide bonds. The Hall–Kier alpha value is -0.160. The summed E-state index contributed by atoms with van der Waals surface area (Å²) in [6, 6.07) is 0. The molecule has 0 aromatic carbocycles. The topological polar surface area (TPSA) is 50.1 Å². The normalized spacial score (nSPS) is 38.9. The number of ether oxygens (including phenoxy) is 4. The van der Waals surface area contributed by atoms with Crippen LogP contribution < -0.4 is 0 Å². The molecule has 4 fully saturated rings. The van der Waals surface area contributed by atoms with Crippen molar-refractivity contribution in [3.05, 3.63) is 0 Å². The van der Waals surface area contributed by atoms with Gasteiger partial charge in [0.1, 0.15) is 0 Å². The average molecular weight is 296 g/mol. The summed E-state index contributed by atoms with van der Waals surface area (Å²) in [6.07, 6.45) is 11.2. The third-order valence-electron chi connectivity index (χ3n) is 5.26. The fourth-order valence-corrected chi connectivity index (χ4v) is 3.60. The van der Waals surface area contributed by atoms with Gasteiger partial charge in [-0.2, -0.15) is 0 Å². The molecule has 4 aliphatic heterocycles. The van der Waals surface area contributed by atoms with Gasteiger partial charge in [0.2, 0.25) is 0 Å². The average Bonchev–Trinajstić information content (AvgIpc) is 3.34. The largest absolute Gasteiger partial charge is 0.373 e. The second kappa shape index (κ2) is 6.53. The SMILES string of the molecule is C(CC1CO1)C(CCC1CO1)CC(CC1CO1)CC1CO1. The minimum atomic E-state index is 0.549. The third kappa shape index (κ3) is 5.51. The third-order valence-corrected chi connectivity index (χ3v) is 5.26. The Morgan fingerprint density at radius 2 is 1.05 bits per heavy atom. The Labute approximate surface area is 127 Å². The first-order valence-electron chi connectivity index (χ1n) is 8.81. The Morgan fingerprint density at radius 1 is 0.619 bits per heavy atom. The molecule has 0 N–H and O–H groups in total. The zero-order valence-corrected chi connectivity index (χ0v) is 12.9. The molecule has 0 aromatic heterocycles. The highest BCUT2D eigenvalue weighted by Crippen LogP contribution is 2.35. The van der Waals surface area contributed by atoms with E-state index in [4.69, 9.17) is 18.9 Å². The van der Waals surface area contributed by atoms with E-state index in [1.807, 2.05) is 0 Å². The van der Waals surface area contributed by atoms with Gasteiger partial charge in [-0.15, -0.1) is 0 Å². The number of epoxide rings is 4. The summed E-state index contributed by atoms with van der Waals surface area (Å²) < 4.78 is 21.7. The van der Waals surface area contributed by atoms with E-state index in [-0.39, 0.29) is 0 Å². The molecule has 0 radical (unpaired) electrons. The molecule has 4 heterocycles. The molecule has 4 aliphatic rings. The summed E-state index contributed by atoms with van der Waals surface area (Å²) in [7, 11) is 0. The molecule has 4 unspecified atom stereocenters. The molecule has 4 saturated heterocycles. The van der Waals surface area contributed by atoms with E-state index in [0.29, 0.717) is 24.4 Å². The molecule has 4 nitrogen and oxygen atoms in total. The molecule has 4 heteroatoms. The van der Waals surface area contributed by atoms with Gasteiger partial charge in [-0.25, -0.2) is 0 Å². The van der Waals surface area contributed by atoms with Crippen molar-refractivity contribution < 1.29 is 18.9 Å². The van der Waals surface area contributed by atoms with Crippen LogP contribution in [0.2, 0.25) is 0 Å². The van der Waals surface area contributed by atoms with E-state index >= 15 is 0 Å². The molecular formula is C17H28O4. The highest BCUT2D eigenvalue weighted by molar-refractivity contribution is 4.83. The van der Waals surface area contributed by atoms with Crippen molar-refractivity contribution in [1.82, 2.24) is 0 Å². The summed E-state index contributed by atoms with van der Waals surface area (Å²) in [5.41, 5.74) is 0. The summed E-state index contributed by atoms with van der Waals surface area (Å²) >= 11 is 0. The Kier molecular flexibility index (Phi) is 4.49. The first kappa shape index (κ1) is 14.4. The smallest absolute Gasteiger partial charge is 0.0812 e. The molecular weight excluding hydrogens is 268 g/mol. The van der Waals surface area contributed by atoms with Gasteiger partial charge in [0.15, 0.2) is 0 Å². The van der Waals surface area contributed by atoms with E-state index in [2.05, 4.69) is 0 Å². The molecule has 0 aromatic rings. The van der Waals surface area contributed by atoms with Gasteiger partial charge >= 0.3 is 0 Å². The van der Waals surface area contributed by atoms with Crippen LogP contribution >= 0.6 is 0 Å². The fraction of sp³-hybridized carbons (Fsp3) is 1.00. The van der Waals surface area contributed by atoms with Crippen LogP contribution in [0, 0.1) is 11.8 Å². The van der Waals surface area contributed by atoms with Crippen LogP contribution in [-0.2, 0) is 18.9 Å². The van der Waals surface area contributed by atoms with Gasteiger partial charge < -0.3 is 18.9 Å². The van der Waals surface area contributed by atoms with E-state index in [0.717, 1.165) is 38.3 Å². The zero-order chi connectivity index (χ0) is 14.1. The minimum absolute atomic E-state index is 0.549. The lowest BCUT2D eigenvalue weighted by Gasteiger charge is -2.23. The van der Waals surface area contributed by atoms with Gasteiger partial charge in [0.05, 0.1) is 50.8 Å². The molecule has 4 atom stereocenters. The van der Waals surface area contributed by atoms with Gasteiger partial charge in [-0.05, 0) is 56.8 Å². The summed E-state index contributed by atoms with van der Waals surface area (Å²) in [5, 5.41) is 0. The van der Waals surface area contributed by atoms with Crippen LogP contribution in [-0.4, -0.2) is 50.8 Å². The first-order chi connectivity index (χ1) is 10.3. The van der Waals surface area contributed by atoms with Crippen molar-refractivity contribution in [1.29, 1.82) is 0 Å². The Balaban J connectivity index is 1.25. The number of rotatable bonds is 12. The minimum Gasteiger partial charge on any atom is -0.373 e. The van der Waals surface area contributed by atoms with Gasteiger partial charge in [0.25, 0.3) is 0 Å². The molecule has 120 valence electrons. The summed E-state index contributed by atoms with van der Waals surface area (Å²) in [4.78, 5) is 0. The van der Waals surface area contributed by atoms with E-state index < -0.39 is 0 Å². The van der Waals surface area contributed by atoms with Crippen LogP contribution in [0.1, 0.15) is 44.9 Å². The van der Waals surface area contributed by atoms with Crippen molar-refractivity contribution in [2.75, 3.05) is 26.4 Å². The maximum Gasteiger partial charge on any atom is 0.0812 e. The van der Waals surface area contributed by atoms with Crippen molar-refractivity contribution in [3.8, 4) is 0 Å². The second-order valence-corrected chi connectivity index (χ2v) is 7.42. The van der Waals surface area contributed by atoms with E-state index in [1.54, 1.807) is 0 Å². The lowest BCUT2D eigenvalue weighted by Crippen LogP contribution is -2.15. The highest BCUT2D eigenvalue weighted by atomic mass is 16.6. The maximum absolute atomic E-state index is 5.46. The number of hydrogen-bond donors (Lipinski definition) is 0. The van der Waals surface area contributed by atoms with Crippen molar-refractivity contribution in [3.63, 3.8) is 0 Å². The first-order valence-corrected chi connectivity index (χ1v) is 8.81. The van der Waals surface area contributed by atoms with Crippen molar-refractivity contribution in [2.45, 2.75) is 69.4 Å². The Bertz CT molecular complexity index is 302. The molecule has 0 spiro atoms. The Morgan fingerprint density at radius 3 is 1.43 bits per heavy atom. The monoisotopic (exact) mass is 296 g/mol. The van der Waals surface area contributed by atoms with Crippen LogP contribution in [0.25, 0.3) is 0 Å². The van der Waals surface area contributed by atoms with E-state index in [9.17, 15) is 0 Å². The quantitative estimate of drug-likeness (QED) is 0.519. The maximum atomic E-state index is 5.46. The van der Waals surface area contributed by atoms with Gasteiger partial charge in [0, 0.05) is 0 Å². The van der Waals surface area contributed by atoms with Gasteiger partial charge in [-0.1, -0.05) is 0 Å². The van der Waals surface area contributed by atoms with Crippen molar-refractivity contribution >= 4 is 0 Å². The van der Waals surface area contributed by atoms with Crippen LogP contribution in [0.4, 0.5) is 0 Å². The lowest BCUT2D eigenvalue weighted by molar-refractivity contribution is 0.242. The van der Waals surface area contributed by atoms with Crippen molar-refractivity contribution in [2.24, 2.45) is 11.8 Å². The highest BCUT2D eigenvalue weighted by Gasteiger charge is 2.34. The fourth-order valence-electron chi connectivity index (χ4n) is 3.60. The van der Waals surface area contributed by atoms with Gasteiger partial charge in [-0.3, -0.25) is 0 Å². The molecule has 0 saturated carbocycles. The molecule has 21 heavy (non-hydrogen) atoms. The predicted octanol–water partition coefficient (Wildman–Crippen LogP) is 2.54. The summed E-state index contributed by atoms with van der Waals surface area (Å²) in [5.74, 6) is 1.62. The van der Waals surface area contributed by atoms with E-state index in [1.165, 1.54) is 44.9 Å². The molecule has 4 rings (SSSR count).